The molecule has 0 radical (unpaired) electrons. The summed E-state index contributed by atoms with van der Waals surface area (Å²) >= 11 is 6.06. The van der Waals surface area contributed by atoms with Gasteiger partial charge in [0.2, 0.25) is 0 Å². The Bertz CT molecular complexity index is 769. The van der Waals surface area contributed by atoms with Crippen LogP contribution in [0.25, 0.3) is 0 Å². The Balaban J connectivity index is 1.44. The van der Waals surface area contributed by atoms with E-state index in [1.165, 1.54) is 5.56 Å². The lowest BCUT2D eigenvalue weighted by Gasteiger charge is -2.44. The molecule has 4 rings (SSSR count). The lowest BCUT2D eigenvalue weighted by molar-refractivity contribution is -0.0304. The molecule has 24 heavy (non-hydrogen) atoms. The number of hydrogen-bond acceptors (Lipinski definition) is 3. The highest BCUT2D eigenvalue weighted by Gasteiger charge is 2.42. The van der Waals surface area contributed by atoms with Crippen LogP contribution >= 0.6 is 11.6 Å². The molecule has 2 aromatic rings. The van der Waals surface area contributed by atoms with Gasteiger partial charge in [-0.15, -0.1) is 0 Å². The van der Waals surface area contributed by atoms with Crippen LogP contribution in [-0.2, 0) is 6.54 Å². The monoisotopic (exact) mass is 342 g/mol. The van der Waals surface area contributed by atoms with Crippen LogP contribution in [-0.4, -0.2) is 29.6 Å². The number of halogens is 1. The number of piperidine rings is 1. The number of ether oxygens (including phenoxy) is 1. The Hall–Kier alpha value is -2.04. The van der Waals surface area contributed by atoms with E-state index >= 15 is 0 Å². The van der Waals surface area contributed by atoms with Crippen LogP contribution in [0.15, 0.2) is 48.5 Å². The quantitative estimate of drug-likeness (QED) is 0.908. The lowest BCUT2D eigenvalue weighted by Crippen LogP contribution is -2.60. The predicted octanol–water partition coefficient (Wildman–Crippen LogP) is 3.45. The molecule has 2 heterocycles. The average Bonchev–Trinajstić information content (AvgIpc) is 2.57. The number of fused-ring (bicyclic) bond motifs is 1. The van der Waals surface area contributed by atoms with Crippen molar-refractivity contribution in [2.24, 2.45) is 0 Å². The number of nitrogens with one attached hydrogen (secondary N) is 1. The minimum atomic E-state index is -0.573. The number of nitrogens with zero attached hydrogens (tertiary/aromatic N) is 1. The summed E-state index contributed by atoms with van der Waals surface area (Å²) in [7, 11) is 0. The fourth-order valence-corrected chi connectivity index (χ4v) is 3.66. The van der Waals surface area contributed by atoms with Gasteiger partial charge in [-0.05, 0) is 29.8 Å². The summed E-state index contributed by atoms with van der Waals surface area (Å²) in [5, 5.41) is 3.84. The van der Waals surface area contributed by atoms with Crippen molar-refractivity contribution >= 4 is 17.5 Å². The first-order chi connectivity index (χ1) is 11.6. The maximum atomic E-state index is 12.3. The van der Waals surface area contributed by atoms with Gasteiger partial charge in [-0.2, -0.15) is 0 Å². The van der Waals surface area contributed by atoms with Gasteiger partial charge in [-0.1, -0.05) is 35.9 Å². The zero-order chi connectivity index (χ0) is 16.6. The van der Waals surface area contributed by atoms with Gasteiger partial charge in [0.05, 0.1) is 5.56 Å². The molecule has 0 aliphatic carbocycles. The molecule has 5 heteroatoms. The summed E-state index contributed by atoms with van der Waals surface area (Å²) in [5.41, 5.74) is 1.25. The summed E-state index contributed by atoms with van der Waals surface area (Å²) in [5.74, 6) is 0.643. The summed E-state index contributed by atoms with van der Waals surface area (Å²) < 4.78 is 6.17. The molecule has 1 spiro atoms. The van der Waals surface area contributed by atoms with Crippen molar-refractivity contribution in [1.29, 1.82) is 0 Å². The molecule has 0 atom stereocenters. The molecule has 0 saturated carbocycles. The van der Waals surface area contributed by atoms with E-state index < -0.39 is 5.72 Å². The fourth-order valence-electron chi connectivity index (χ4n) is 3.45. The van der Waals surface area contributed by atoms with E-state index in [0.717, 1.165) is 37.5 Å². The number of carbonyl (C=O) groups excluding carboxylic acids is 1. The number of rotatable bonds is 2. The third-order valence-electron chi connectivity index (χ3n) is 4.74. The van der Waals surface area contributed by atoms with Crippen molar-refractivity contribution in [3.05, 3.63) is 64.7 Å². The third-order valence-corrected chi connectivity index (χ3v) is 4.97. The number of carbonyl (C=O) groups is 1. The van der Waals surface area contributed by atoms with Crippen molar-refractivity contribution in [2.45, 2.75) is 25.1 Å². The molecule has 1 amide bonds. The largest absolute Gasteiger partial charge is 0.467 e. The molecule has 0 aromatic heterocycles. The van der Waals surface area contributed by atoms with Crippen molar-refractivity contribution in [1.82, 2.24) is 10.2 Å². The van der Waals surface area contributed by atoms with Crippen LogP contribution in [0.3, 0.4) is 0 Å². The first-order valence-corrected chi connectivity index (χ1v) is 8.59. The topological polar surface area (TPSA) is 41.6 Å². The lowest BCUT2D eigenvalue weighted by atomic mass is 9.96. The van der Waals surface area contributed by atoms with Crippen LogP contribution in [0, 0.1) is 0 Å². The van der Waals surface area contributed by atoms with Crippen molar-refractivity contribution < 1.29 is 9.53 Å². The average molecular weight is 343 g/mol. The van der Waals surface area contributed by atoms with Crippen LogP contribution in [0.1, 0.15) is 28.8 Å². The minimum absolute atomic E-state index is 0.0415. The maximum absolute atomic E-state index is 12.3. The summed E-state index contributed by atoms with van der Waals surface area (Å²) in [4.78, 5) is 14.7. The second-order valence-electron chi connectivity index (χ2n) is 6.45. The highest BCUT2D eigenvalue weighted by molar-refractivity contribution is 6.30. The van der Waals surface area contributed by atoms with Gasteiger partial charge in [0.25, 0.3) is 5.91 Å². The molecule has 4 nitrogen and oxygen atoms in total. The summed E-state index contributed by atoms with van der Waals surface area (Å²) in [6, 6.07) is 15.4. The van der Waals surface area contributed by atoms with E-state index in [0.29, 0.717) is 11.3 Å². The number of amides is 1. The molecule has 2 aliphatic heterocycles. The first kappa shape index (κ1) is 15.5. The highest BCUT2D eigenvalue weighted by Crippen LogP contribution is 2.33. The Morgan fingerprint density at radius 1 is 1.12 bits per heavy atom. The van der Waals surface area contributed by atoms with Gasteiger partial charge in [0.15, 0.2) is 5.72 Å². The van der Waals surface area contributed by atoms with Gasteiger partial charge in [0, 0.05) is 37.5 Å². The van der Waals surface area contributed by atoms with Gasteiger partial charge in [0.1, 0.15) is 5.75 Å². The molecule has 124 valence electrons. The summed E-state index contributed by atoms with van der Waals surface area (Å²) in [6.45, 7) is 2.60. The second kappa shape index (κ2) is 6.11. The van der Waals surface area contributed by atoms with E-state index in [9.17, 15) is 4.79 Å². The zero-order valence-corrected chi connectivity index (χ0v) is 14.1. The van der Waals surface area contributed by atoms with E-state index in [1.54, 1.807) is 6.07 Å². The molecule has 0 bridgehead atoms. The Labute approximate surface area is 146 Å². The Kier molecular flexibility index (Phi) is 3.94. The molecule has 2 aromatic carbocycles. The second-order valence-corrected chi connectivity index (χ2v) is 6.89. The molecular weight excluding hydrogens is 324 g/mol. The van der Waals surface area contributed by atoms with Gasteiger partial charge in [-0.3, -0.25) is 9.69 Å². The molecular formula is C19H19ClN2O2. The normalized spacial score (nSPS) is 19.5. The number of para-hydroxylation sites is 1. The van der Waals surface area contributed by atoms with Gasteiger partial charge >= 0.3 is 0 Å². The van der Waals surface area contributed by atoms with Crippen LogP contribution < -0.4 is 10.1 Å². The smallest absolute Gasteiger partial charge is 0.258 e. The summed E-state index contributed by atoms with van der Waals surface area (Å²) in [6.07, 6.45) is 1.54. The van der Waals surface area contributed by atoms with Crippen molar-refractivity contribution in [2.75, 3.05) is 13.1 Å². The molecule has 1 saturated heterocycles. The minimum Gasteiger partial charge on any atom is -0.467 e. The van der Waals surface area contributed by atoms with Crippen LogP contribution in [0.2, 0.25) is 5.02 Å². The fraction of sp³-hybridized carbons (Fsp3) is 0.316. The predicted molar refractivity (Wildman–Crippen MR) is 93.2 cm³/mol. The molecule has 0 unspecified atom stereocenters. The molecule has 2 aliphatic rings. The van der Waals surface area contributed by atoms with E-state index in [2.05, 4.69) is 16.3 Å². The highest BCUT2D eigenvalue weighted by atomic mass is 35.5. The van der Waals surface area contributed by atoms with Crippen LogP contribution in [0.4, 0.5) is 0 Å². The Morgan fingerprint density at radius 3 is 2.71 bits per heavy atom. The molecule has 1 fully saturated rings. The Morgan fingerprint density at radius 2 is 1.92 bits per heavy atom. The maximum Gasteiger partial charge on any atom is 0.258 e. The number of likely N-dealkylation sites (tertiary alicyclic amines) is 1. The molecule has 1 N–H and O–H groups in total. The van der Waals surface area contributed by atoms with Crippen LogP contribution in [0.5, 0.6) is 5.75 Å². The third kappa shape index (κ3) is 2.99. The van der Waals surface area contributed by atoms with Gasteiger partial charge in [-0.25, -0.2) is 0 Å². The van der Waals surface area contributed by atoms with E-state index in [-0.39, 0.29) is 5.91 Å². The number of hydrogen-bond donors (Lipinski definition) is 1. The van der Waals surface area contributed by atoms with Gasteiger partial charge < -0.3 is 10.1 Å². The zero-order valence-electron chi connectivity index (χ0n) is 13.3. The number of benzene rings is 2. The van der Waals surface area contributed by atoms with E-state index in [4.69, 9.17) is 16.3 Å². The van der Waals surface area contributed by atoms with Crippen molar-refractivity contribution in [3.63, 3.8) is 0 Å². The van der Waals surface area contributed by atoms with E-state index in [1.807, 2.05) is 36.4 Å². The SMILES string of the molecule is O=C1NC2(CCN(Cc3cccc(Cl)c3)CC2)Oc2ccccc21. The standard InChI is InChI=1S/C19H19ClN2O2/c20-15-5-3-4-14(12-15)13-22-10-8-19(9-11-22)21-18(23)16-6-1-2-7-17(16)24-19/h1-7,12H,8-11,13H2,(H,21,23). The first-order valence-electron chi connectivity index (χ1n) is 8.21. The van der Waals surface area contributed by atoms with Crippen molar-refractivity contribution in [3.8, 4) is 5.75 Å².